The number of nitrogen functional groups attached to an aromatic ring is 1. The van der Waals surface area contributed by atoms with Gasteiger partial charge in [0.05, 0.1) is 5.94 Å². The van der Waals surface area contributed by atoms with Crippen molar-refractivity contribution in [3.8, 4) is 0 Å². The van der Waals surface area contributed by atoms with E-state index in [4.69, 9.17) is 10.5 Å². The van der Waals surface area contributed by atoms with Crippen molar-refractivity contribution in [2.45, 2.75) is 11.8 Å². The van der Waals surface area contributed by atoms with Crippen LogP contribution >= 0.6 is 11.8 Å². The molecule has 1 aromatic rings. The quantitative estimate of drug-likeness (QED) is 0.352. The van der Waals surface area contributed by atoms with Gasteiger partial charge in [-0.1, -0.05) is 11.8 Å². The molecule has 13 heavy (non-hydrogen) atoms. The van der Waals surface area contributed by atoms with Crippen LogP contribution in [0.15, 0.2) is 23.1 Å². The van der Waals surface area contributed by atoms with Crippen LogP contribution in [0.5, 0.6) is 0 Å². The van der Waals surface area contributed by atoms with Gasteiger partial charge < -0.3 is 10.5 Å². The van der Waals surface area contributed by atoms with Crippen molar-refractivity contribution in [1.82, 2.24) is 0 Å². The summed E-state index contributed by atoms with van der Waals surface area (Å²) >= 11 is 1.43. The minimum absolute atomic E-state index is 0.306. The van der Waals surface area contributed by atoms with Crippen molar-refractivity contribution < 1.29 is 9.13 Å². The molecule has 0 unspecified atom stereocenters. The molecule has 2 N–H and O–H groups in total. The van der Waals surface area contributed by atoms with E-state index in [0.29, 0.717) is 18.2 Å². The van der Waals surface area contributed by atoms with Gasteiger partial charge in [0.1, 0.15) is 5.82 Å². The van der Waals surface area contributed by atoms with Crippen molar-refractivity contribution >= 4 is 17.4 Å². The number of rotatable bonds is 4. The molecule has 1 aromatic carbocycles. The smallest absolute Gasteiger partial charge is 0.126 e. The monoisotopic (exact) mass is 201 g/mol. The lowest BCUT2D eigenvalue weighted by Crippen LogP contribution is -1.90. The van der Waals surface area contributed by atoms with Crippen LogP contribution in [0.1, 0.15) is 6.92 Å². The van der Waals surface area contributed by atoms with Crippen molar-refractivity contribution in [1.29, 1.82) is 0 Å². The van der Waals surface area contributed by atoms with E-state index in [1.165, 1.54) is 23.9 Å². The minimum Gasteiger partial charge on any atom is -0.399 e. The summed E-state index contributed by atoms with van der Waals surface area (Å²) in [6.07, 6.45) is 0. The molecule has 0 spiro atoms. The van der Waals surface area contributed by atoms with Crippen molar-refractivity contribution in [2.24, 2.45) is 0 Å². The van der Waals surface area contributed by atoms with Crippen LogP contribution in [0.4, 0.5) is 10.1 Å². The Kier molecular flexibility index (Phi) is 4.05. The molecule has 72 valence electrons. The van der Waals surface area contributed by atoms with Crippen LogP contribution in [0.3, 0.4) is 0 Å². The highest BCUT2D eigenvalue weighted by Gasteiger charge is 1.98. The SMILES string of the molecule is CCOCSc1cc(N)cc(F)c1. The van der Waals surface area contributed by atoms with Gasteiger partial charge in [0.2, 0.25) is 0 Å². The van der Waals surface area contributed by atoms with Crippen LogP contribution in [-0.4, -0.2) is 12.5 Å². The van der Waals surface area contributed by atoms with Gasteiger partial charge in [0.15, 0.2) is 0 Å². The van der Waals surface area contributed by atoms with E-state index < -0.39 is 0 Å². The Morgan fingerprint density at radius 2 is 2.23 bits per heavy atom. The summed E-state index contributed by atoms with van der Waals surface area (Å²) in [5.41, 5.74) is 5.91. The first-order valence-electron chi connectivity index (χ1n) is 3.99. The average molecular weight is 201 g/mol. The summed E-state index contributed by atoms with van der Waals surface area (Å²) in [6, 6.07) is 4.47. The Morgan fingerprint density at radius 3 is 2.85 bits per heavy atom. The van der Waals surface area contributed by atoms with Crippen LogP contribution in [-0.2, 0) is 4.74 Å². The van der Waals surface area contributed by atoms with Gasteiger partial charge in [-0.25, -0.2) is 4.39 Å². The van der Waals surface area contributed by atoms with Crippen molar-refractivity contribution in [3.63, 3.8) is 0 Å². The number of benzene rings is 1. The van der Waals surface area contributed by atoms with Gasteiger partial charge in [-0.15, -0.1) is 0 Å². The maximum Gasteiger partial charge on any atom is 0.126 e. The van der Waals surface area contributed by atoms with E-state index in [0.717, 1.165) is 4.90 Å². The summed E-state index contributed by atoms with van der Waals surface area (Å²) in [5.74, 6) is 0.221. The van der Waals surface area contributed by atoms with Gasteiger partial charge in [-0.2, -0.15) is 0 Å². The summed E-state index contributed by atoms with van der Waals surface area (Å²) in [5, 5.41) is 0. The number of hydrogen-bond donors (Lipinski definition) is 1. The third kappa shape index (κ3) is 3.65. The van der Waals surface area contributed by atoms with E-state index in [1.807, 2.05) is 6.92 Å². The van der Waals surface area contributed by atoms with Crippen molar-refractivity contribution in [2.75, 3.05) is 18.3 Å². The molecular formula is C9H12FNOS. The molecule has 0 atom stereocenters. The first-order valence-corrected chi connectivity index (χ1v) is 4.97. The second-order valence-electron chi connectivity index (χ2n) is 2.48. The number of hydrogen-bond acceptors (Lipinski definition) is 3. The van der Waals surface area contributed by atoms with Crippen LogP contribution in [0.2, 0.25) is 0 Å². The highest BCUT2D eigenvalue weighted by atomic mass is 32.2. The molecule has 0 aromatic heterocycles. The molecule has 1 rings (SSSR count). The van der Waals surface area contributed by atoms with Gasteiger partial charge >= 0.3 is 0 Å². The highest BCUT2D eigenvalue weighted by Crippen LogP contribution is 2.21. The predicted octanol–water partition coefficient (Wildman–Crippen LogP) is 2.49. The first-order chi connectivity index (χ1) is 6.22. The molecule has 2 nitrogen and oxygen atoms in total. The zero-order valence-electron chi connectivity index (χ0n) is 7.42. The lowest BCUT2D eigenvalue weighted by molar-refractivity contribution is 0.199. The summed E-state index contributed by atoms with van der Waals surface area (Å²) in [6.45, 7) is 2.58. The fourth-order valence-electron chi connectivity index (χ4n) is 0.861. The van der Waals surface area contributed by atoms with Gasteiger partial charge in [-0.3, -0.25) is 0 Å². The lowest BCUT2D eigenvalue weighted by Gasteiger charge is -2.02. The van der Waals surface area contributed by atoms with Gasteiger partial charge in [0, 0.05) is 17.2 Å². The van der Waals surface area contributed by atoms with E-state index >= 15 is 0 Å². The normalized spacial score (nSPS) is 10.3. The van der Waals surface area contributed by atoms with Crippen molar-refractivity contribution in [3.05, 3.63) is 24.0 Å². The number of anilines is 1. The van der Waals surface area contributed by atoms with E-state index in [9.17, 15) is 4.39 Å². The lowest BCUT2D eigenvalue weighted by atomic mass is 10.3. The number of ether oxygens (including phenoxy) is 1. The Hall–Kier alpha value is -0.740. The zero-order chi connectivity index (χ0) is 9.68. The van der Waals surface area contributed by atoms with Crippen LogP contribution < -0.4 is 5.73 Å². The molecule has 0 aliphatic heterocycles. The fraction of sp³-hybridized carbons (Fsp3) is 0.333. The standard InChI is InChI=1S/C9H12FNOS/c1-2-12-6-13-9-4-7(10)3-8(11)5-9/h3-5H,2,6,11H2,1H3. The molecule has 0 radical (unpaired) electrons. The number of thioether (sulfide) groups is 1. The van der Waals surface area contributed by atoms with Gasteiger partial charge in [-0.05, 0) is 25.1 Å². The maximum absolute atomic E-state index is 12.8. The fourth-order valence-corrected chi connectivity index (χ4v) is 1.66. The Bertz CT molecular complexity index is 260. The predicted molar refractivity (Wildman–Crippen MR) is 53.2 cm³/mol. The molecule has 0 bridgehead atoms. The molecule has 0 saturated heterocycles. The number of nitrogens with two attached hydrogens (primary N) is 1. The molecule has 0 aliphatic rings. The zero-order valence-corrected chi connectivity index (χ0v) is 8.23. The largest absolute Gasteiger partial charge is 0.399 e. The number of halogens is 1. The summed E-state index contributed by atoms with van der Waals surface area (Å²) in [7, 11) is 0. The summed E-state index contributed by atoms with van der Waals surface area (Å²) in [4.78, 5) is 0.797. The molecule has 0 fully saturated rings. The van der Waals surface area contributed by atoms with E-state index in [-0.39, 0.29) is 5.82 Å². The average Bonchev–Trinajstić information content (AvgIpc) is 2.03. The molecule has 4 heteroatoms. The van der Waals surface area contributed by atoms with Crippen LogP contribution in [0.25, 0.3) is 0 Å². The van der Waals surface area contributed by atoms with Gasteiger partial charge in [0.25, 0.3) is 0 Å². The molecule has 0 saturated carbocycles. The molecule has 0 amide bonds. The molecule has 0 aliphatic carbocycles. The Labute approximate surface area is 81.3 Å². The Balaban J connectivity index is 2.56. The Morgan fingerprint density at radius 1 is 1.46 bits per heavy atom. The second kappa shape index (κ2) is 5.09. The maximum atomic E-state index is 12.8. The van der Waals surface area contributed by atoms with Crippen LogP contribution in [0, 0.1) is 5.82 Å². The van der Waals surface area contributed by atoms with E-state index in [2.05, 4.69) is 0 Å². The topological polar surface area (TPSA) is 35.2 Å². The minimum atomic E-state index is -0.306. The molecular weight excluding hydrogens is 189 g/mol. The molecule has 0 heterocycles. The first kappa shape index (κ1) is 10.3. The third-order valence-electron chi connectivity index (χ3n) is 1.41. The van der Waals surface area contributed by atoms with E-state index in [1.54, 1.807) is 6.07 Å². The third-order valence-corrected chi connectivity index (χ3v) is 2.26. The second-order valence-corrected chi connectivity index (χ2v) is 3.47. The summed E-state index contributed by atoms with van der Waals surface area (Å²) < 4.78 is 17.9. The highest BCUT2D eigenvalue weighted by molar-refractivity contribution is 7.99.